The molecule has 0 spiro atoms. The molecule has 0 atom stereocenters. The minimum absolute atomic E-state index is 0.300. The number of fused-ring (bicyclic) bond motifs is 3. The van der Waals surface area contributed by atoms with E-state index >= 15 is 0 Å². The molecule has 1 aliphatic heterocycles. The summed E-state index contributed by atoms with van der Waals surface area (Å²) in [6.07, 6.45) is 0. The molecule has 0 amide bonds. The summed E-state index contributed by atoms with van der Waals surface area (Å²) in [4.78, 5) is 4.83. The third-order valence-corrected chi connectivity index (χ3v) is 5.20. The van der Waals surface area contributed by atoms with Gasteiger partial charge in [-0.15, -0.1) is 0 Å². The van der Waals surface area contributed by atoms with Crippen LogP contribution in [0.15, 0.2) is 72.8 Å². The molecule has 142 valence electrons. The van der Waals surface area contributed by atoms with E-state index in [1.807, 2.05) is 13.0 Å². The first-order chi connectivity index (χ1) is 14.1. The van der Waals surface area contributed by atoms with Gasteiger partial charge in [0, 0.05) is 16.7 Å². The van der Waals surface area contributed by atoms with Crippen molar-refractivity contribution in [1.29, 1.82) is 0 Å². The molecule has 0 saturated heterocycles. The third kappa shape index (κ3) is 3.17. The highest BCUT2D eigenvalue weighted by Crippen LogP contribution is 2.42. The summed E-state index contributed by atoms with van der Waals surface area (Å²) in [5, 5.41) is 0. The smallest absolute Gasteiger partial charge is 0.129 e. The molecule has 0 fully saturated rings. The standard InChI is InChI=1S/C25H17F2NO/c1-15-2-4-16(5-3-15)20-13-23(17-6-8-18(26)9-7-17)28-25-21-12-19(27)10-11-24(21)29-14-22(20)25/h2-13H,14H2,1H3. The van der Waals surface area contributed by atoms with Gasteiger partial charge in [0.05, 0.1) is 11.4 Å². The highest BCUT2D eigenvalue weighted by atomic mass is 19.1. The van der Waals surface area contributed by atoms with Crippen LogP contribution in [0.2, 0.25) is 0 Å². The molecule has 4 heteroatoms. The molecule has 4 aromatic rings. The first-order valence-corrected chi connectivity index (χ1v) is 9.38. The Hall–Kier alpha value is -3.53. The third-order valence-electron chi connectivity index (χ3n) is 5.20. The Morgan fingerprint density at radius 2 is 1.45 bits per heavy atom. The van der Waals surface area contributed by atoms with Gasteiger partial charge in [-0.05, 0) is 66.6 Å². The fourth-order valence-corrected chi connectivity index (χ4v) is 3.66. The molecule has 0 saturated carbocycles. The zero-order valence-corrected chi connectivity index (χ0v) is 15.7. The molecule has 2 nitrogen and oxygen atoms in total. The zero-order valence-electron chi connectivity index (χ0n) is 15.7. The second-order valence-electron chi connectivity index (χ2n) is 7.18. The lowest BCUT2D eigenvalue weighted by Gasteiger charge is -2.24. The second kappa shape index (κ2) is 6.82. The van der Waals surface area contributed by atoms with Crippen LogP contribution in [-0.4, -0.2) is 4.98 Å². The largest absolute Gasteiger partial charge is 0.488 e. The van der Waals surface area contributed by atoms with Crippen molar-refractivity contribution >= 4 is 0 Å². The van der Waals surface area contributed by atoms with Gasteiger partial charge in [-0.1, -0.05) is 29.8 Å². The number of ether oxygens (including phenoxy) is 1. The van der Waals surface area contributed by atoms with Crippen LogP contribution in [0.4, 0.5) is 8.78 Å². The van der Waals surface area contributed by atoms with Gasteiger partial charge in [0.2, 0.25) is 0 Å². The fourth-order valence-electron chi connectivity index (χ4n) is 3.66. The Kier molecular flexibility index (Phi) is 4.13. The molecule has 29 heavy (non-hydrogen) atoms. The van der Waals surface area contributed by atoms with Crippen LogP contribution in [0.3, 0.4) is 0 Å². The number of halogens is 2. The van der Waals surface area contributed by atoms with Gasteiger partial charge < -0.3 is 4.74 Å². The number of nitrogens with zero attached hydrogens (tertiary/aromatic N) is 1. The number of aryl methyl sites for hydroxylation is 1. The predicted octanol–water partition coefficient (Wildman–Crippen LogP) is 6.56. The number of rotatable bonds is 2. The van der Waals surface area contributed by atoms with E-state index in [-0.39, 0.29) is 11.6 Å². The summed E-state index contributed by atoms with van der Waals surface area (Å²) < 4.78 is 33.3. The summed E-state index contributed by atoms with van der Waals surface area (Å²) in [6, 6.07) is 20.9. The van der Waals surface area contributed by atoms with Crippen LogP contribution >= 0.6 is 0 Å². The Balaban J connectivity index is 1.79. The minimum Gasteiger partial charge on any atom is -0.488 e. The van der Waals surface area contributed by atoms with E-state index < -0.39 is 0 Å². The molecule has 0 N–H and O–H groups in total. The van der Waals surface area contributed by atoms with Crippen LogP contribution < -0.4 is 4.74 Å². The van der Waals surface area contributed by atoms with E-state index in [1.54, 1.807) is 18.2 Å². The predicted molar refractivity (Wildman–Crippen MR) is 110 cm³/mol. The Bertz CT molecular complexity index is 1220. The van der Waals surface area contributed by atoms with Crippen LogP contribution in [0.5, 0.6) is 5.75 Å². The van der Waals surface area contributed by atoms with Gasteiger partial charge in [0.25, 0.3) is 0 Å². The first kappa shape index (κ1) is 17.6. The SMILES string of the molecule is Cc1ccc(-c2cc(-c3ccc(F)cc3)nc3c2COc2ccc(F)cc2-3)cc1. The van der Waals surface area contributed by atoms with Gasteiger partial charge in [-0.25, -0.2) is 13.8 Å². The number of benzene rings is 3. The Morgan fingerprint density at radius 1 is 0.759 bits per heavy atom. The number of pyridine rings is 1. The minimum atomic E-state index is -0.342. The quantitative estimate of drug-likeness (QED) is 0.390. The molecule has 0 aliphatic carbocycles. The lowest BCUT2D eigenvalue weighted by molar-refractivity contribution is 0.301. The maximum Gasteiger partial charge on any atom is 0.129 e. The molecule has 1 aromatic heterocycles. The van der Waals surface area contributed by atoms with Crippen LogP contribution in [0.25, 0.3) is 33.6 Å². The van der Waals surface area contributed by atoms with Gasteiger partial charge >= 0.3 is 0 Å². The summed E-state index contributed by atoms with van der Waals surface area (Å²) >= 11 is 0. The lowest BCUT2D eigenvalue weighted by Crippen LogP contribution is -2.10. The van der Waals surface area contributed by atoms with E-state index in [1.165, 1.54) is 29.8 Å². The summed E-state index contributed by atoms with van der Waals surface area (Å²) in [7, 11) is 0. The topological polar surface area (TPSA) is 22.1 Å². The molecule has 0 bridgehead atoms. The van der Waals surface area contributed by atoms with Crippen molar-refractivity contribution in [3.8, 4) is 39.4 Å². The molecule has 3 aromatic carbocycles. The van der Waals surface area contributed by atoms with Crippen molar-refractivity contribution < 1.29 is 13.5 Å². The van der Waals surface area contributed by atoms with E-state index in [9.17, 15) is 8.78 Å². The van der Waals surface area contributed by atoms with E-state index in [0.717, 1.165) is 22.3 Å². The molecular formula is C25H17F2NO. The van der Waals surface area contributed by atoms with E-state index in [0.29, 0.717) is 29.3 Å². The zero-order chi connectivity index (χ0) is 20.0. The van der Waals surface area contributed by atoms with E-state index in [2.05, 4.69) is 24.3 Å². The van der Waals surface area contributed by atoms with Crippen molar-refractivity contribution in [2.75, 3.05) is 0 Å². The highest BCUT2D eigenvalue weighted by molar-refractivity contribution is 5.83. The molecule has 0 radical (unpaired) electrons. The van der Waals surface area contributed by atoms with Crippen LogP contribution in [0, 0.1) is 18.6 Å². The van der Waals surface area contributed by atoms with Crippen molar-refractivity contribution in [2.45, 2.75) is 13.5 Å². The summed E-state index contributed by atoms with van der Waals surface area (Å²) in [5.41, 5.74) is 6.91. The monoisotopic (exact) mass is 385 g/mol. The summed E-state index contributed by atoms with van der Waals surface area (Å²) in [6.45, 7) is 2.39. The van der Waals surface area contributed by atoms with Crippen molar-refractivity contribution in [3.05, 3.63) is 95.6 Å². The van der Waals surface area contributed by atoms with Gasteiger partial charge in [-0.3, -0.25) is 0 Å². The first-order valence-electron chi connectivity index (χ1n) is 9.38. The Morgan fingerprint density at radius 3 is 2.21 bits per heavy atom. The number of hydrogen-bond donors (Lipinski definition) is 0. The highest BCUT2D eigenvalue weighted by Gasteiger charge is 2.24. The molecule has 1 aliphatic rings. The average molecular weight is 385 g/mol. The summed E-state index contributed by atoms with van der Waals surface area (Å²) in [5.74, 6) is -0.0325. The van der Waals surface area contributed by atoms with Gasteiger partial charge in [-0.2, -0.15) is 0 Å². The lowest BCUT2D eigenvalue weighted by atomic mass is 9.92. The maximum absolute atomic E-state index is 14.0. The maximum atomic E-state index is 14.0. The molecule has 0 unspecified atom stereocenters. The second-order valence-corrected chi connectivity index (χ2v) is 7.18. The molecule has 2 heterocycles. The normalized spacial score (nSPS) is 12.1. The molecular weight excluding hydrogens is 368 g/mol. The van der Waals surface area contributed by atoms with E-state index in [4.69, 9.17) is 9.72 Å². The van der Waals surface area contributed by atoms with Crippen LogP contribution in [-0.2, 0) is 6.61 Å². The van der Waals surface area contributed by atoms with Gasteiger partial charge in [0.1, 0.15) is 24.0 Å². The average Bonchev–Trinajstić information content (AvgIpc) is 2.74. The molecule has 5 rings (SSSR count). The van der Waals surface area contributed by atoms with Gasteiger partial charge in [0.15, 0.2) is 0 Å². The fraction of sp³-hybridized carbons (Fsp3) is 0.0800. The van der Waals surface area contributed by atoms with Crippen LogP contribution in [0.1, 0.15) is 11.1 Å². The van der Waals surface area contributed by atoms with Crippen molar-refractivity contribution in [1.82, 2.24) is 4.98 Å². The van der Waals surface area contributed by atoms with Crippen molar-refractivity contribution in [2.24, 2.45) is 0 Å². The Labute approximate surface area is 167 Å². The number of hydrogen-bond acceptors (Lipinski definition) is 2. The van der Waals surface area contributed by atoms with Crippen molar-refractivity contribution in [3.63, 3.8) is 0 Å². The number of aromatic nitrogens is 1.